The summed E-state index contributed by atoms with van der Waals surface area (Å²) in [6.07, 6.45) is 2.08. The number of halogens is 1. The van der Waals surface area contributed by atoms with Gasteiger partial charge in [0.05, 0.1) is 18.0 Å². The van der Waals surface area contributed by atoms with E-state index in [1.54, 1.807) is 6.92 Å². The molecule has 8 heteroatoms. The summed E-state index contributed by atoms with van der Waals surface area (Å²) in [6, 6.07) is 4.14. The molecule has 0 fully saturated rings. The van der Waals surface area contributed by atoms with Crippen LogP contribution in [0.4, 0.5) is 10.1 Å². The number of hydrogen-bond acceptors (Lipinski definition) is 4. The summed E-state index contributed by atoms with van der Waals surface area (Å²) < 4.78 is 44.0. The maximum atomic E-state index is 13.1. The molecule has 142 valence electrons. The number of amides is 1. The van der Waals surface area contributed by atoms with Crippen molar-refractivity contribution in [3.8, 4) is 0 Å². The zero-order valence-electron chi connectivity index (χ0n) is 15.2. The zero-order chi connectivity index (χ0) is 19.0. The van der Waals surface area contributed by atoms with E-state index in [2.05, 4.69) is 5.32 Å². The minimum absolute atomic E-state index is 0.123. The fourth-order valence-electron chi connectivity index (χ4n) is 2.37. The van der Waals surface area contributed by atoms with Crippen LogP contribution in [-0.2, 0) is 19.6 Å². The lowest BCUT2D eigenvalue weighted by molar-refractivity contribution is -0.122. The van der Waals surface area contributed by atoms with Gasteiger partial charge in [-0.15, -0.1) is 0 Å². The molecule has 1 aromatic carbocycles. The third-order valence-corrected chi connectivity index (χ3v) is 4.66. The second kappa shape index (κ2) is 9.72. The Morgan fingerprint density at radius 2 is 1.88 bits per heavy atom. The molecule has 6 nitrogen and oxygen atoms in total. The summed E-state index contributed by atoms with van der Waals surface area (Å²) >= 11 is 0. The van der Waals surface area contributed by atoms with Crippen molar-refractivity contribution in [2.45, 2.75) is 45.8 Å². The molecule has 0 bridgehead atoms. The van der Waals surface area contributed by atoms with Crippen LogP contribution in [0.1, 0.15) is 33.6 Å². The molecule has 1 aromatic rings. The maximum Gasteiger partial charge on any atom is 0.243 e. The molecule has 1 atom stereocenters. The Morgan fingerprint density at radius 3 is 2.36 bits per heavy atom. The molecule has 0 heterocycles. The van der Waals surface area contributed by atoms with Crippen LogP contribution in [0.3, 0.4) is 0 Å². The molecular formula is C17H27FN2O4S. The van der Waals surface area contributed by atoms with E-state index in [0.717, 1.165) is 10.6 Å². The highest BCUT2D eigenvalue weighted by Gasteiger charge is 2.31. The lowest BCUT2D eigenvalue weighted by atomic mass is 10.2. The largest absolute Gasteiger partial charge is 0.379 e. The van der Waals surface area contributed by atoms with Crippen LogP contribution in [0, 0.1) is 5.82 Å². The highest BCUT2D eigenvalue weighted by Crippen LogP contribution is 2.22. The SMILES string of the molecule is CCC(C(=O)NCCCOC(C)C)N(c1ccc(F)cc1)S(C)(=O)=O. The van der Waals surface area contributed by atoms with Gasteiger partial charge in [0.15, 0.2) is 0 Å². The van der Waals surface area contributed by atoms with Crippen LogP contribution in [0.15, 0.2) is 24.3 Å². The summed E-state index contributed by atoms with van der Waals surface area (Å²) in [6.45, 7) is 6.50. The molecule has 25 heavy (non-hydrogen) atoms. The van der Waals surface area contributed by atoms with Gasteiger partial charge >= 0.3 is 0 Å². The number of sulfonamides is 1. The topological polar surface area (TPSA) is 75.7 Å². The number of ether oxygens (including phenoxy) is 1. The molecule has 1 N–H and O–H groups in total. The van der Waals surface area contributed by atoms with E-state index in [0.29, 0.717) is 26.0 Å². The fourth-order valence-corrected chi connectivity index (χ4v) is 3.58. The van der Waals surface area contributed by atoms with Gasteiger partial charge in [0, 0.05) is 13.2 Å². The first-order chi connectivity index (χ1) is 11.7. The minimum atomic E-state index is -3.71. The van der Waals surface area contributed by atoms with Crippen LogP contribution in [0.2, 0.25) is 0 Å². The van der Waals surface area contributed by atoms with Gasteiger partial charge in [-0.1, -0.05) is 6.92 Å². The second-order valence-corrected chi connectivity index (χ2v) is 7.88. The Balaban J connectivity index is 2.84. The molecule has 1 rings (SSSR count). The Hall–Kier alpha value is -1.67. The standard InChI is InChI=1S/C17H27FN2O4S/c1-5-16(17(21)19-11-6-12-24-13(2)3)20(25(4,22)23)15-9-7-14(18)8-10-15/h7-10,13,16H,5-6,11-12H2,1-4H3,(H,19,21). The Labute approximate surface area is 149 Å². The zero-order valence-corrected chi connectivity index (χ0v) is 16.0. The molecular weight excluding hydrogens is 347 g/mol. The van der Waals surface area contributed by atoms with Crippen molar-refractivity contribution in [3.63, 3.8) is 0 Å². The van der Waals surface area contributed by atoms with Crippen molar-refractivity contribution in [1.82, 2.24) is 5.32 Å². The van der Waals surface area contributed by atoms with Gasteiger partial charge in [-0.2, -0.15) is 0 Å². The highest BCUT2D eigenvalue weighted by atomic mass is 32.2. The summed E-state index contributed by atoms with van der Waals surface area (Å²) in [7, 11) is -3.71. The van der Waals surface area contributed by atoms with E-state index in [1.165, 1.54) is 24.3 Å². The van der Waals surface area contributed by atoms with E-state index in [9.17, 15) is 17.6 Å². The van der Waals surface area contributed by atoms with Crippen LogP contribution in [-0.4, -0.2) is 45.9 Å². The molecule has 0 saturated heterocycles. The van der Waals surface area contributed by atoms with Crippen LogP contribution in [0.5, 0.6) is 0 Å². The fraction of sp³-hybridized carbons (Fsp3) is 0.588. The molecule has 0 aliphatic rings. The Bertz CT molecular complexity index is 647. The number of nitrogens with zero attached hydrogens (tertiary/aromatic N) is 1. The average molecular weight is 374 g/mol. The van der Waals surface area contributed by atoms with Gasteiger partial charge in [-0.3, -0.25) is 9.10 Å². The molecule has 0 saturated carbocycles. The normalized spacial score (nSPS) is 12.9. The monoisotopic (exact) mass is 374 g/mol. The molecule has 0 aliphatic heterocycles. The number of carbonyl (C=O) groups excluding carboxylic acids is 1. The van der Waals surface area contributed by atoms with Crippen LogP contribution in [0.25, 0.3) is 0 Å². The Kier molecular flexibility index (Phi) is 8.31. The molecule has 0 spiro atoms. The quantitative estimate of drug-likeness (QED) is 0.638. The van der Waals surface area contributed by atoms with Crippen LogP contribution >= 0.6 is 0 Å². The molecule has 0 aliphatic carbocycles. The van der Waals surface area contributed by atoms with Gasteiger partial charge in [-0.05, 0) is 51.0 Å². The highest BCUT2D eigenvalue weighted by molar-refractivity contribution is 7.92. The lowest BCUT2D eigenvalue weighted by Gasteiger charge is -2.30. The predicted octanol–water partition coefficient (Wildman–Crippen LogP) is 2.30. The summed E-state index contributed by atoms with van der Waals surface area (Å²) in [4.78, 5) is 12.5. The molecule has 1 amide bonds. The van der Waals surface area contributed by atoms with E-state index >= 15 is 0 Å². The van der Waals surface area contributed by atoms with Gasteiger partial charge in [0.25, 0.3) is 0 Å². The third kappa shape index (κ3) is 6.99. The summed E-state index contributed by atoms with van der Waals surface area (Å²) in [5.74, 6) is -0.860. The molecule has 0 radical (unpaired) electrons. The summed E-state index contributed by atoms with van der Waals surface area (Å²) in [5, 5.41) is 2.74. The lowest BCUT2D eigenvalue weighted by Crippen LogP contribution is -2.49. The first-order valence-electron chi connectivity index (χ1n) is 8.31. The van der Waals surface area contributed by atoms with Crippen molar-refractivity contribution in [2.75, 3.05) is 23.7 Å². The number of rotatable bonds is 10. The van der Waals surface area contributed by atoms with Crippen molar-refractivity contribution in [3.05, 3.63) is 30.1 Å². The number of anilines is 1. The number of nitrogens with one attached hydrogen (secondary N) is 1. The van der Waals surface area contributed by atoms with Crippen molar-refractivity contribution in [2.24, 2.45) is 0 Å². The van der Waals surface area contributed by atoms with E-state index < -0.39 is 21.9 Å². The van der Waals surface area contributed by atoms with E-state index in [1.807, 2.05) is 13.8 Å². The van der Waals surface area contributed by atoms with Crippen molar-refractivity contribution in [1.29, 1.82) is 0 Å². The first-order valence-corrected chi connectivity index (χ1v) is 10.2. The van der Waals surface area contributed by atoms with Gasteiger partial charge in [0.1, 0.15) is 11.9 Å². The number of hydrogen-bond donors (Lipinski definition) is 1. The second-order valence-electron chi connectivity index (χ2n) is 6.02. The summed E-state index contributed by atoms with van der Waals surface area (Å²) in [5.41, 5.74) is 0.258. The maximum absolute atomic E-state index is 13.1. The third-order valence-electron chi connectivity index (χ3n) is 3.48. The average Bonchev–Trinajstić information content (AvgIpc) is 2.51. The van der Waals surface area contributed by atoms with Gasteiger partial charge in [-0.25, -0.2) is 12.8 Å². The van der Waals surface area contributed by atoms with Gasteiger partial charge < -0.3 is 10.1 Å². The van der Waals surface area contributed by atoms with E-state index in [4.69, 9.17) is 4.74 Å². The van der Waals surface area contributed by atoms with Crippen molar-refractivity contribution >= 4 is 21.6 Å². The number of carbonyl (C=O) groups is 1. The molecule has 1 unspecified atom stereocenters. The number of benzene rings is 1. The predicted molar refractivity (Wildman–Crippen MR) is 96.5 cm³/mol. The minimum Gasteiger partial charge on any atom is -0.379 e. The van der Waals surface area contributed by atoms with Crippen LogP contribution < -0.4 is 9.62 Å². The molecule has 0 aromatic heterocycles. The van der Waals surface area contributed by atoms with Crippen molar-refractivity contribution < 1.29 is 22.3 Å². The smallest absolute Gasteiger partial charge is 0.243 e. The first kappa shape index (κ1) is 21.4. The van der Waals surface area contributed by atoms with E-state index in [-0.39, 0.29) is 17.7 Å². The van der Waals surface area contributed by atoms with Gasteiger partial charge in [0.2, 0.25) is 15.9 Å². The Morgan fingerprint density at radius 1 is 1.28 bits per heavy atom.